The Morgan fingerprint density at radius 3 is 2.71 bits per heavy atom. The molecule has 1 aromatic carbocycles. The van der Waals surface area contributed by atoms with Crippen molar-refractivity contribution in [3.8, 4) is 5.75 Å². The van der Waals surface area contributed by atoms with Crippen LogP contribution >= 0.6 is 11.6 Å². The molecule has 0 aliphatic carbocycles. The third-order valence-electron chi connectivity index (χ3n) is 4.18. The van der Waals surface area contributed by atoms with Crippen molar-refractivity contribution in [2.45, 2.75) is 33.4 Å². The molecule has 1 aliphatic rings. The summed E-state index contributed by atoms with van der Waals surface area (Å²) in [6, 6.07) is 3.78. The lowest BCUT2D eigenvalue weighted by Crippen LogP contribution is -2.51. The van der Waals surface area contributed by atoms with Gasteiger partial charge < -0.3 is 5.11 Å². The summed E-state index contributed by atoms with van der Waals surface area (Å²) in [6.45, 7) is 10.5. The first-order valence-electron chi connectivity index (χ1n) is 7.41. The van der Waals surface area contributed by atoms with E-state index in [0.717, 1.165) is 31.7 Å². The number of ketones is 1. The molecule has 1 saturated heterocycles. The van der Waals surface area contributed by atoms with Crippen molar-refractivity contribution in [1.29, 1.82) is 0 Å². The molecule has 0 amide bonds. The average molecular weight is 311 g/mol. The van der Waals surface area contributed by atoms with Crippen LogP contribution in [0.4, 0.5) is 0 Å². The molecule has 0 bridgehead atoms. The summed E-state index contributed by atoms with van der Waals surface area (Å²) >= 11 is 6.07. The minimum atomic E-state index is -0.166. The summed E-state index contributed by atoms with van der Waals surface area (Å²) in [5.41, 5.74) is 1.03. The van der Waals surface area contributed by atoms with Crippen LogP contribution in [0.25, 0.3) is 0 Å². The molecule has 0 saturated carbocycles. The van der Waals surface area contributed by atoms with E-state index in [1.165, 1.54) is 13.0 Å². The van der Waals surface area contributed by atoms with Gasteiger partial charge in [-0.2, -0.15) is 0 Å². The van der Waals surface area contributed by atoms with Gasteiger partial charge in [0.1, 0.15) is 5.75 Å². The summed E-state index contributed by atoms with van der Waals surface area (Å²) in [7, 11) is 0. The predicted octanol–water partition coefficient (Wildman–Crippen LogP) is 2.77. The minimum absolute atomic E-state index is 0.0671. The number of Topliss-reactive ketones (excluding diaryl/α,β-unsaturated/α-hetero) is 1. The molecule has 4 nitrogen and oxygen atoms in total. The van der Waals surface area contributed by atoms with Gasteiger partial charge in [-0.1, -0.05) is 18.5 Å². The van der Waals surface area contributed by atoms with Crippen LogP contribution in [0.2, 0.25) is 5.02 Å². The summed E-state index contributed by atoms with van der Waals surface area (Å²) in [4.78, 5) is 16.3. The van der Waals surface area contributed by atoms with Crippen molar-refractivity contribution in [3.63, 3.8) is 0 Å². The fourth-order valence-electron chi connectivity index (χ4n) is 2.97. The number of hydrogen-bond acceptors (Lipinski definition) is 4. The number of phenols is 1. The van der Waals surface area contributed by atoms with E-state index in [-0.39, 0.29) is 11.5 Å². The Labute approximate surface area is 131 Å². The third kappa shape index (κ3) is 3.76. The molecular formula is C16H23ClN2O2. The molecule has 0 radical (unpaired) electrons. The maximum absolute atomic E-state index is 11.6. The van der Waals surface area contributed by atoms with Gasteiger partial charge in [-0.25, -0.2) is 0 Å². The maximum Gasteiger partial charge on any atom is 0.163 e. The van der Waals surface area contributed by atoms with Crippen LogP contribution in [0.3, 0.4) is 0 Å². The Kier molecular flexibility index (Phi) is 5.25. The minimum Gasteiger partial charge on any atom is -0.507 e. The molecule has 1 aromatic rings. The van der Waals surface area contributed by atoms with Crippen LogP contribution in [0.15, 0.2) is 12.1 Å². The first kappa shape index (κ1) is 16.3. The molecule has 21 heavy (non-hydrogen) atoms. The van der Waals surface area contributed by atoms with Crippen LogP contribution in [-0.4, -0.2) is 52.9 Å². The number of likely N-dealkylation sites (N-methyl/N-ethyl adjacent to an activating group) is 1. The van der Waals surface area contributed by atoms with Crippen LogP contribution in [-0.2, 0) is 6.54 Å². The van der Waals surface area contributed by atoms with E-state index in [9.17, 15) is 9.90 Å². The molecule has 1 fully saturated rings. The molecule has 1 heterocycles. The van der Waals surface area contributed by atoms with E-state index >= 15 is 0 Å². The topological polar surface area (TPSA) is 43.8 Å². The SMILES string of the molecule is CCN1CCN(Cc2cc(Cl)cc(C(C)=O)c2O)CC1C. The van der Waals surface area contributed by atoms with Gasteiger partial charge in [0, 0.05) is 42.8 Å². The van der Waals surface area contributed by atoms with Gasteiger partial charge in [0.25, 0.3) is 0 Å². The van der Waals surface area contributed by atoms with E-state index in [1.807, 2.05) is 0 Å². The number of piperazine rings is 1. The lowest BCUT2D eigenvalue weighted by molar-refractivity contribution is 0.0828. The number of phenolic OH excluding ortho intramolecular Hbond substituents is 1. The Hall–Kier alpha value is -1.10. The van der Waals surface area contributed by atoms with Gasteiger partial charge in [-0.05, 0) is 32.5 Å². The number of carbonyl (C=O) groups excluding carboxylic acids is 1. The quantitative estimate of drug-likeness (QED) is 0.869. The number of halogens is 1. The van der Waals surface area contributed by atoms with Gasteiger partial charge in [0.2, 0.25) is 0 Å². The van der Waals surface area contributed by atoms with Crippen molar-refractivity contribution in [2.24, 2.45) is 0 Å². The van der Waals surface area contributed by atoms with Crippen LogP contribution in [0, 0.1) is 0 Å². The van der Waals surface area contributed by atoms with Gasteiger partial charge in [-0.15, -0.1) is 0 Å². The maximum atomic E-state index is 11.6. The highest BCUT2D eigenvalue weighted by Crippen LogP contribution is 2.29. The van der Waals surface area contributed by atoms with E-state index in [2.05, 4.69) is 23.6 Å². The van der Waals surface area contributed by atoms with Gasteiger partial charge in [0.05, 0.1) is 5.56 Å². The average Bonchev–Trinajstić information content (AvgIpc) is 2.42. The fourth-order valence-corrected chi connectivity index (χ4v) is 3.21. The molecule has 1 N–H and O–H groups in total. The first-order valence-corrected chi connectivity index (χ1v) is 7.78. The zero-order chi connectivity index (χ0) is 15.6. The molecule has 1 atom stereocenters. The lowest BCUT2D eigenvalue weighted by Gasteiger charge is -2.39. The fraction of sp³-hybridized carbons (Fsp3) is 0.562. The number of rotatable bonds is 4. The van der Waals surface area contributed by atoms with E-state index < -0.39 is 0 Å². The Morgan fingerprint density at radius 2 is 2.14 bits per heavy atom. The van der Waals surface area contributed by atoms with E-state index in [1.54, 1.807) is 6.07 Å². The molecule has 2 rings (SSSR count). The van der Waals surface area contributed by atoms with Crippen LogP contribution in [0.5, 0.6) is 5.75 Å². The zero-order valence-electron chi connectivity index (χ0n) is 12.9. The van der Waals surface area contributed by atoms with Gasteiger partial charge in [0.15, 0.2) is 5.78 Å². The van der Waals surface area contributed by atoms with Gasteiger partial charge in [-0.3, -0.25) is 14.6 Å². The number of benzene rings is 1. The van der Waals surface area contributed by atoms with Crippen molar-refractivity contribution < 1.29 is 9.90 Å². The highest BCUT2D eigenvalue weighted by molar-refractivity contribution is 6.31. The summed E-state index contributed by atoms with van der Waals surface area (Å²) in [6.07, 6.45) is 0. The second-order valence-electron chi connectivity index (χ2n) is 5.73. The first-order chi connectivity index (χ1) is 9.92. The van der Waals surface area contributed by atoms with Crippen molar-refractivity contribution in [2.75, 3.05) is 26.2 Å². The van der Waals surface area contributed by atoms with Gasteiger partial charge >= 0.3 is 0 Å². The Bertz CT molecular complexity index is 533. The highest BCUT2D eigenvalue weighted by Gasteiger charge is 2.23. The molecule has 116 valence electrons. The smallest absolute Gasteiger partial charge is 0.163 e. The number of hydrogen-bond donors (Lipinski definition) is 1. The third-order valence-corrected chi connectivity index (χ3v) is 4.40. The second kappa shape index (κ2) is 6.77. The summed E-state index contributed by atoms with van der Waals surface area (Å²) in [5.74, 6) is -0.0992. The predicted molar refractivity (Wildman–Crippen MR) is 85.1 cm³/mol. The molecule has 5 heteroatoms. The number of nitrogens with zero attached hydrogens (tertiary/aromatic N) is 2. The standard InChI is InChI=1S/C16H23ClN2O2/c1-4-19-6-5-18(9-11(19)2)10-13-7-14(17)8-15(12(3)20)16(13)21/h7-8,11,21H,4-6,9-10H2,1-3H3. The zero-order valence-corrected chi connectivity index (χ0v) is 13.7. The van der Waals surface area contributed by atoms with E-state index in [0.29, 0.717) is 23.2 Å². The molecule has 0 aromatic heterocycles. The monoisotopic (exact) mass is 310 g/mol. The van der Waals surface area contributed by atoms with Crippen molar-refractivity contribution >= 4 is 17.4 Å². The number of aromatic hydroxyl groups is 1. The van der Waals surface area contributed by atoms with E-state index in [4.69, 9.17) is 11.6 Å². The second-order valence-corrected chi connectivity index (χ2v) is 6.17. The summed E-state index contributed by atoms with van der Waals surface area (Å²) in [5, 5.41) is 10.8. The van der Waals surface area contributed by atoms with Crippen LogP contribution in [0.1, 0.15) is 36.7 Å². The molecular weight excluding hydrogens is 288 g/mol. The Morgan fingerprint density at radius 1 is 1.43 bits per heavy atom. The van der Waals surface area contributed by atoms with Crippen molar-refractivity contribution in [3.05, 3.63) is 28.3 Å². The molecule has 0 spiro atoms. The number of carbonyl (C=O) groups is 1. The van der Waals surface area contributed by atoms with Crippen LogP contribution < -0.4 is 0 Å². The lowest BCUT2D eigenvalue weighted by atomic mass is 10.0. The molecule has 1 unspecified atom stereocenters. The molecule has 1 aliphatic heterocycles. The Balaban J connectivity index is 2.15. The van der Waals surface area contributed by atoms with Crippen molar-refractivity contribution in [1.82, 2.24) is 9.80 Å². The highest BCUT2D eigenvalue weighted by atomic mass is 35.5. The summed E-state index contributed by atoms with van der Waals surface area (Å²) < 4.78 is 0. The largest absolute Gasteiger partial charge is 0.507 e. The normalized spacial score (nSPS) is 20.7.